The van der Waals surface area contributed by atoms with Crippen molar-refractivity contribution in [2.24, 2.45) is 4.99 Å². The average Bonchev–Trinajstić information content (AvgIpc) is 3.41. The van der Waals surface area contributed by atoms with Gasteiger partial charge in [-0.25, -0.2) is 0 Å². The number of hydrogen-bond donors (Lipinski definition) is 2. The summed E-state index contributed by atoms with van der Waals surface area (Å²) in [5.74, 6) is 2.55. The van der Waals surface area contributed by atoms with Crippen LogP contribution in [0.3, 0.4) is 0 Å². The van der Waals surface area contributed by atoms with E-state index in [1.165, 1.54) is 12.8 Å². The van der Waals surface area contributed by atoms with Gasteiger partial charge in [-0.2, -0.15) is 0 Å². The molecule has 1 saturated heterocycles. The van der Waals surface area contributed by atoms with Gasteiger partial charge in [0.05, 0.1) is 31.6 Å². The van der Waals surface area contributed by atoms with Gasteiger partial charge in [0, 0.05) is 12.7 Å². The van der Waals surface area contributed by atoms with Crippen molar-refractivity contribution in [1.29, 1.82) is 0 Å². The van der Waals surface area contributed by atoms with Crippen molar-refractivity contribution in [3.05, 3.63) is 48.7 Å². The molecule has 0 radical (unpaired) electrons. The maximum Gasteiger partial charge on any atom is 0.191 e. The quantitative estimate of drug-likeness (QED) is 0.239. The van der Waals surface area contributed by atoms with Crippen LogP contribution in [0.15, 0.2) is 52.3 Å². The molecule has 1 unspecified atom stereocenters. The van der Waals surface area contributed by atoms with Crippen LogP contribution in [0.2, 0.25) is 0 Å². The highest BCUT2D eigenvalue weighted by Crippen LogP contribution is 2.25. The molecule has 2 aromatic rings. The second kappa shape index (κ2) is 12.6. The van der Waals surface area contributed by atoms with Gasteiger partial charge in [0.1, 0.15) is 18.1 Å². The lowest BCUT2D eigenvalue weighted by molar-refractivity contribution is 0.221. The first-order valence-corrected chi connectivity index (χ1v) is 9.69. The zero-order chi connectivity index (χ0) is 18.7. The third-order valence-electron chi connectivity index (χ3n) is 4.52. The van der Waals surface area contributed by atoms with Crippen molar-refractivity contribution in [2.45, 2.75) is 25.8 Å². The van der Waals surface area contributed by atoms with Gasteiger partial charge in [0.15, 0.2) is 5.96 Å². The molecule has 28 heavy (non-hydrogen) atoms. The number of halogens is 1. The molecule has 2 aromatic heterocycles. The van der Waals surface area contributed by atoms with E-state index in [0.717, 1.165) is 37.1 Å². The minimum Gasteiger partial charge on any atom is -0.490 e. The standard InChI is InChI=1S/C20H29N5O2.HI/c1-2-22-20(23-10-14-26-17-7-5-9-21-15-17)24-16-18(19-8-6-13-27-19)25-11-3-4-12-25;/h5-9,13,15,18H,2-4,10-12,14,16H2,1H3,(H2,22,23,24);1H. The van der Waals surface area contributed by atoms with Crippen LogP contribution >= 0.6 is 24.0 Å². The van der Waals surface area contributed by atoms with Gasteiger partial charge in [-0.15, -0.1) is 24.0 Å². The molecule has 0 spiro atoms. The molecule has 3 rings (SSSR count). The lowest BCUT2D eigenvalue weighted by atomic mass is 10.2. The minimum absolute atomic E-state index is 0. The normalized spacial score (nSPS) is 15.7. The Morgan fingerprint density at radius 3 is 2.82 bits per heavy atom. The zero-order valence-corrected chi connectivity index (χ0v) is 18.7. The second-order valence-corrected chi connectivity index (χ2v) is 6.46. The van der Waals surface area contributed by atoms with E-state index in [0.29, 0.717) is 19.7 Å². The molecule has 1 fully saturated rings. The fraction of sp³-hybridized carbons (Fsp3) is 0.500. The monoisotopic (exact) mass is 499 g/mol. The molecule has 0 amide bonds. The summed E-state index contributed by atoms with van der Waals surface area (Å²) in [6.45, 7) is 6.94. The number of ether oxygens (including phenoxy) is 1. The van der Waals surface area contributed by atoms with Crippen molar-refractivity contribution >= 4 is 29.9 Å². The number of pyridine rings is 1. The largest absolute Gasteiger partial charge is 0.490 e. The van der Waals surface area contributed by atoms with Crippen LogP contribution in [0.4, 0.5) is 0 Å². The average molecular weight is 499 g/mol. The highest BCUT2D eigenvalue weighted by Gasteiger charge is 2.25. The Labute approximate surface area is 184 Å². The fourth-order valence-corrected chi connectivity index (χ4v) is 3.21. The second-order valence-electron chi connectivity index (χ2n) is 6.46. The van der Waals surface area contributed by atoms with E-state index in [1.54, 1.807) is 18.7 Å². The van der Waals surface area contributed by atoms with Crippen molar-refractivity contribution in [3.63, 3.8) is 0 Å². The molecular weight excluding hydrogens is 469 g/mol. The highest BCUT2D eigenvalue weighted by atomic mass is 127. The lowest BCUT2D eigenvalue weighted by Crippen LogP contribution is -2.40. The maximum absolute atomic E-state index is 5.67. The number of nitrogens with zero attached hydrogens (tertiary/aromatic N) is 3. The molecular formula is C20H30IN5O2. The molecule has 0 saturated carbocycles. The van der Waals surface area contributed by atoms with Gasteiger partial charge in [-0.1, -0.05) is 0 Å². The smallest absolute Gasteiger partial charge is 0.191 e. The molecule has 0 aliphatic carbocycles. The Morgan fingerprint density at radius 1 is 1.29 bits per heavy atom. The van der Waals surface area contributed by atoms with Crippen molar-refractivity contribution < 1.29 is 9.15 Å². The molecule has 8 heteroatoms. The zero-order valence-electron chi connectivity index (χ0n) is 16.3. The Hall–Kier alpha value is -1.81. The van der Waals surface area contributed by atoms with E-state index in [4.69, 9.17) is 14.1 Å². The van der Waals surface area contributed by atoms with Crippen LogP contribution in [-0.4, -0.2) is 55.2 Å². The number of aromatic nitrogens is 1. The molecule has 1 aliphatic rings. The van der Waals surface area contributed by atoms with Gasteiger partial charge in [-0.3, -0.25) is 14.9 Å². The van der Waals surface area contributed by atoms with E-state index in [-0.39, 0.29) is 30.0 Å². The Balaban J connectivity index is 0.00000280. The van der Waals surface area contributed by atoms with Gasteiger partial charge in [-0.05, 0) is 57.1 Å². The summed E-state index contributed by atoms with van der Waals surface area (Å²) in [5, 5.41) is 6.62. The van der Waals surface area contributed by atoms with Crippen molar-refractivity contribution in [1.82, 2.24) is 20.5 Å². The van der Waals surface area contributed by atoms with E-state index in [2.05, 4.69) is 27.4 Å². The Kier molecular flexibility index (Phi) is 10.1. The summed E-state index contributed by atoms with van der Waals surface area (Å²) in [6.07, 6.45) is 7.66. The van der Waals surface area contributed by atoms with E-state index < -0.39 is 0 Å². The summed E-state index contributed by atoms with van der Waals surface area (Å²) in [7, 11) is 0. The summed E-state index contributed by atoms with van der Waals surface area (Å²) in [5.41, 5.74) is 0. The van der Waals surface area contributed by atoms with Gasteiger partial charge < -0.3 is 19.8 Å². The number of hydrogen-bond acceptors (Lipinski definition) is 5. The Morgan fingerprint density at radius 2 is 2.14 bits per heavy atom. The molecule has 7 nitrogen and oxygen atoms in total. The summed E-state index contributed by atoms with van der Waals surface area (Å²) in [4.78, 5) is 11.3. The summed E-state index contributed by atoms with van der Waals surface area (Å²) >= 11 is 0. The number of likely N-dealkylation sites (tertiary alicyclic amines) is 1. The van der Waals surface area contributed by atoms with E-state index in [9.17, 15) is 0 Å². The number of rotatable bonds is 9. The molecule has 0 bridgehead atoms. The first-order valence-electron chi connectivity index (χ1n) is 9.69. The molecule has 154 valence electrons. The molecule has 1 atom stereocenters. The van der Waals surface area contributed by atoms with Crippen molar-refractivity contribution in [3.8, 4) is 5.75 Å². The van der Waals surface area contributed by atoms with Gasteiger partial charge in [0.2, 0.25) is 0 Å². The topological polar surface area (TPSA) is 74.9 Å². The minimum atomic E-state index is 0. The summed E-state index contributed by atoms with van der Waals surface area (Å²) in [6, 6.07) is 7.93. The Bertz CT molecular complexity index is 675. The third-order valence-corrected chi connectivity index (χ3v) is 4.52. The number of nitrogens with one attached hydrogen (secondary N) is 2. The predicted octanol–water partition coefficient (Wildman–Crippen LogP) is 3.06. The van der Waals surface area contributed by atoms with Gasteiger partial charge >= 0.3 is 0 Å². The summed E-state index contributed by atoms with van der Waals surface area (Å²) < 4.78 is 11.3. The lowest BCUT2D eigenvalue weighted by Gasteiger charge is -2.24. The van der Waals surface area contributed by atoms with E-state index >= 15 is 0 Å². The van der Waals surface area contributed by atoms with Crippen LogP contribution < -0.4 is 15.4 Å². The molecule has 1 aliphatic heterocycles. The highest BCUT2D eigenvalue weighted by molar-refractivity contribution is 14.0. The van der Waals surface area contributed by atoms with Gasteiger partial charge in [0.25, 0.3) is 0 Å². The fourth-order valence-electron chi connectivity index (χ4n) is 3.21. The maximum atomic E-state index is 5.67. The SMILES string of the molecule is CCNC(=NCC(c1ccco1)N1CCCC1)NCCOc1cccnc1.I. The molecule has 2 N–H and O–H groups in total. The number of guanidine groups is 1. The van der Waals surface area contributed by atoms with Crippen LogP contribution in [0.25, 0.3) is 0 Å². The third kappa shape index (κ3) is 6.97. The van der Waals surface area contributed by atoms with Crippen LogP contribution in [0, 0.1) is 0 Å². The van der Waals surface area contributed by atoms with Crippen LogP contribution in [0.1, 0.15) is 31.6 Å². The van der Waals surface area contributed by atoms with E-state index in [1.807, 2.05) is 24.3 Å². The first-order chi connectivity index (χ1) is 13.4. The predicted molar refractivity (Wildman–Crippen MR) is 121 cm³/mol. The molecule has 0 aromatic carbocycles. The first kappa shape index (κ1) is 22.5. The number of aliphatic imine (C=N–C) groups is 1. The molecule has 3 heterocycles. The van der Waals surface area contributed by atoms with Crippen LogP contribution in [0.5, 0.6) is 5.75 Å². The number of furan rings is 1. The van der Waals surface area contributed by atoms with Crippen molar-refractivity contribution in [2.75, 3.05) is 39.3 Å². The van der Waals surface area contributed by atoms with Crippen LogP contribution in [-0.2, 0) is 0 Å².